The lowest BCUT2D eigenvalue weighted by atomic mass is 10.5. The summed E-state index contributed by atoms with van der Waals surface area (Å²) in [7, 11) is 0. The van der Waals surface area contributed by atoms with Gasteiger partial charge < -0.3 is 9.47 Å². The predicted molar refractivity (Wildman–Crippen MR) is 42.0 cm³/mol. The molecule has 0 aromatic rings. The lowest BCUT2D eigenvalue weighted by molar-refractivity contribution is -0.168. The Morgan fingerprint density at radius 2 is 2.36 bits per heavy atom. The van der Waals surface area contributed by atoms with Crippen LogP contribution in [0.2, 0.25) is 0 Å². The maximum atomic E-state index is 10.6. The first kappa shape index (κ1) is 10.2. The second-order valence-corrected chi connectivity index (χ2v) is 2.08. The summed E-state index contributed by atoms with van der Waals surface area (Å²) in [5, 5.41) is 0. The van der Waals surface area contributed by atoms with Crippen LogP contribution in [0, 0.1) is 0 Å². The first-order valence-corrected chi connectivity index (χ1v) is 3.65. The Morgan fingerprint density at radius 3 is 2.82 bits per heavy atom. The molecule has 0 heterocycles. The van der Waals surface area contributed by atoms with Gasteiger partial charge in [-0.1, -0.05) is 13.5 Å². The van der Waals surface area contributed by atoms with Crippen LogP contribution < -0.4 is 0 Å². The normalized spacial score (nSPS) is 12.2. The van der Waals surface area contributed by atoms with E-state index in [2.05, 4.69) is 6.58 Å². The van der Waals surface area contributed by atoms with Gasteiger partial charge in [0.1, 0.15) is 0 Å². The van der Waals surface area contributed by atoms with Crippen molar-refractivity contribution in [2.75, 3.05) is 6.61 Å². The Balaban J connectivity index is 3.43. The van der Waals surface area contributed by atoms with E-state index in [-0.39, 0.29) is 0 Å². The van der Waals surface area contributed by atoms with Crippen LogP contribution in [0.4, 0.5) is 0 Å². The summed E-state index contributed by atoms with van der Waals surface area (Å²) < 4.78 is 9.80. The quantitative estimate of drug-likeness (QED) is 0.345. The van der Waals surface area contributed by atoms with E-state index in [4.69, 9.17) is 9.47 Å². The van der Waals surface area contributed by atoms with Crippen LogP contribution in [0.3, 0.4) is 0 Å². The van der Waals surface area contributed by atoms with Crippen LogP contribution in [0.1, 0.15) is 20.3 Å². The van der Waals surface area contributed by atoms with Gasteiger partial charge in [-0.3, -0.25) is 0 Å². The number of hydrogen-bond acceptors (Lipinski definition) is 3. The second kappa shape index (κ2) is 5.92. The minimum Gasteiger partial charge on any atom is -0.433 e. The summed E-state index contributed by atoms with van der Waals surface area (Å²) in [5.74, 6) is -0.450. The predicted octanol–water partition coefficient (Wildman–Crippen LogP) is 1.49. The molecule has 64 valence electrons. The van der Waals surface area contributed by atoms with E-state index < -0.39 is 12.3 Å². The molecule has 0 aromatic heterocycles. The molecule has 0 fully saturated rings. The van der Waals surface area contributed by atoms with Gasteiger partial charge in [0.15, 0.2) is 6.29 Å². The number of hydrogen-bond donors (Lipinski definition) is 0. The lowest BCUT2D eigenvalue weighted by Gasteiger charge is -2.11. The molecule has 0 rings (SSSR count). The molecule has 1 atom stereocenters. The van der Waals surface area contributed by atoms with E-state index >= 15 is 0 Å². The average Bonchev–Trinajstić information content (AvgIpc) is 2.00. The van der Waals surface area contributed by atoms with Crippen LogP contribution in [0.5, 0.6) is 0 Å². The maximum Gasteiger partial charge on any atom is 0.332 e. The highest BCUT2D eigenvalue weighted by Gasteiger charge is 2.04. The van der Waals surface area contributed by atoms with Crippen LogP contribution in [0.25, 0.3) is 0 Å². The Labute approximate surface area is 67.0 Å². The molecule has 11 heavy (non-hydrogen) atoms. The summed E-state index contributed by atoms with van der Waals surface area (Å²) in [6, 6.07) is 0. The molecule has 3 nitrogen and oxygen atoms in total. The Kier molecular flexibility index (Phi) is 5.47. The summed E-state index contributed by atoms with van der Waals surface area (Å²) in [4.78, 5) is 10.6. The van der Waals surface area contributed by atoms with Crippen molar-refractivity contribution in [3.63, 3.8) is 0 Å². The molecule has 0 radical (unpaired) electrons. The Morgan fingerprint density at radius 1 is 1.73 bits per heavy atom. The van der Waals surface area contributed by atoms with E-state index in [1.54, 1.807) is 6.92 Å². The van der Waals surface area contributed by atoms with Crippen molar-refractivity contribution in [2.24, 2.45) is 0 Å². The summed E-state index contributed by atoms with van der Waals surface area (Å²) >= 11 is 0. The van der Waals surface area contributed by atoms with Crippen LogP contribution in [0.15, 0.2) is 12.7 Å². The molecular formula is C8H14O3. The van der Waals surface area contributed by atoms with Gasteiger partial charge in [-0.25, -0.2) is 4.79 Å². The zero-order valence-corrected chi connectivity index (χ0v) is 7.00. The first-order chi connectivity index (χ1) is 5.20. The maximum absolute atomic E-state index is 10.6. The summed E-state index contributed by atoms with van der Waals surface area (Å²) in [6.45, 7) is 7.53. The monoisotopic (exact) mass is 158 g/mol. The summed E-state index contributed by atoms with van der Waals surface area (Å²) in [5.41, 5.74) is 0. The van der Waals surface area contributed by atoms with Gasteiger partial charge >= 0.3 is 5.97 Å². The molecule has 1 unspecified atom stereocenters. The van der Waals surface area contributed by atoms with Gasteiger partial charge in [-0.2, -0.15) is 0 Å². The minimum atomic E-state index is -0.472. The molecule has 0 amide bonds. The van der Waals surface area contributed by atoms with Gasteiger partial charge in [0.05, 0.1) is 6.61 Å². The van der Waals surface area contributed by atoms with Gasteiger partial charge in [0, 0.05) is 6.08 Å². The zero-order valence-electron chi connectivity index (χ0n) is 7.00. The fraction of sp³-hybridized carbons (Fsp3) is 0.625. The van der Waals surface area contributed by atoms with Crippen molar-refractivity contribution >= 4 is 5.97 Å². The molecule has 0 aliphatic rings. The first-order valence-electron chi connectivity index (χ1n) is 3.65. The molecule has 3 heteroatoms. The third-order valence-electron chi connectivity index (χ3n) is 1.01. The molecule has 0 aromatic carbocycles. The Hall–Kier alpha value is -0.830. The number of carbonyl (C=O) groups excluding carboxylic acids is 1. The van der Waals surface area contributed by atoms with Crippen molar-refractivity contribution in [3.8, 4) is 0 Å². The molecule has 0 spiro atoms. The van der Waals surface area contributed by atoms with E-state index in [0.717, 1.165) is 12.5 Å². The fourth-order valence-electron chi connectivity index (χ4n) is 0.530. The summed E-state index contributed by atoms with van der Waals surface area (Å²) in [6.07, 6.45) is 1.56. The van der Waals surface area contributed by atoms with Crippen LogP contribution >= 0.6 is 0 Å². The largest absolute Gasteiger partial charge is 0.433 e. The molecule has 0 saturated heterocycles. The average molecular weight is 158 g/mol. The molecule has 0 aliphatic carbocycles. The third kappa shape index (κ3) is 5.61. The van der Waals surface area contributed by atoms with E-state index in [1.807, 2.05) is 6.92 Å². The van der Waals surface area contributed by atoms with Crippen molar-refractivity contribution in [3.05, 3.63) is 12.7 Å². The van der Waals surface area contributed by atoms with Crippen LogP contribution in [-0.4, -0.2) is 18.9 Å². The van der Waals surface area contributed by atoms with Gasteiger partial charge in [0.25, 0.3) is 0 Å². The molecule has 0 saturated carbocycles. The van der Waals surface area contributed by atoms with Gasteiger partial charge in [-0.05, 0) is 13.3 Å². The highest BCUT2D eigenvalue weighted by atomic mass is 16.7. The minimum absolute atomic E-state index is 0.450. The topological polar surface area (TPSA) is 35.5 Å². The molecular weight excluding hydrogens is 144 g/mol. The standard InChI is InChI=1S/C8H14O3/c1-4-6-10-7(3)11-8(9)5-2/h5,7H,2,4,6H2,1,3H3. The SMILES string of the molecule is C=CC(=O)OC(C)OCCC. The van der Waals surface area contributed by atoms with Crippen LogP contribution in [-0.2, 0) is 14.3 Å². The zero-order chi connectivity index (χ0) is 8.69. The number of esters is 1. The number of ether oxygens (including phenoxy) is 2. The lowest BCUT2D eigenvalue weighted by Crippen LogP contribution is -2.16. The molecule has 0 aliphatic heterocycles. The van der Waals surface area contributed by atoms with E-state index in [1.165, 1.54) is 0 Å². The van der Waals surface area contributed by atoms with Gasteiger partial charge in [0.2, 0.25) is 0 Å². The van der Waals surface area contributed by atoms with Gasteiger partial charge in [-0.15, -0.1) is 0 Å². The number of carbonyl (C=O) groups is 1. The third-order valence-corrected chi connectivity index (χ3v) is 1.01. The Bertz CT molecular complexity index is 131. The van der Waals surface area contributed by atoms with Crippen molar-refractivity contribution in [1.82, 2.24) is 0 Å². The number of rotatable bonds is 5. The van der Waals surface area contributed by atoms with Crippen molar-refractivity contribution < 1.29 is 14.3 Å². The molecule has 0 N–H and O–H groups in total. The van der Waals surface area contributed by atoms with Crippen molar-refractivity contribution in [1.29, 1.82) is 0 Å². The molecule has 0 bridgehead atoms. The second-order valence-electron chi connectivity index (χ2n) is 2.08. The highest BCUT2D eigenvalue weighted by Crippen LogP contribution is 1.95. The van der Waals surface area contributed by atoms with Crippen molar-refractivity contribution in [2.45, 2.75) is 26.6 Å². The van der Waals surface area contributed by atoms with E-state index in [0.29, 0.717) is 6.61 Å². The highest BCUT2D eigenvalue weighted by molar-refractivity contribution is 5.81. The van der Waals surface area contributed by atoms with E-state index in [9.17, 15) is 4.79 Å². The fourth-order valence-corrected chi connectivity index (χ4v) is 0.530. The smallest absolute Gasteiger partial charge is 0.332 e.